The van der Waals surface area contributed by atoms with E-state index in [1.807, 2.05) is 36.9 Å². The first-order chi connectivity index (χ1) is 12.3. The van der Waals surface area contributed by atoms with Crippen LogP contribution in [0.2, 0.25) is 0 Å². The molecule has 4 rings (SSSR count). The average Bonchev–Trinajstić information content (AvgIpc) is 3.34. The first-order valence-corrected chi connectivity index (χ1v) is 9.17. The molecule has 0 saturated heterocycles. The maximum absolute atomic E-state index is 4.87. The highest BCUT2D eigenvalue weighted by molar-refractivity contribution is 7.13. The van der Waals surface area contributed by atoms with Gasteiger partial charge in [0.05, 0.1) is 16.7 Å². The Balaban J connectivity index is 1.62. The zero-order valence-corrected chi connectivity index (χ0v) is 14.9. The van der Waals surface area contributed by atoms with Crippen LogP contribution in [0.3, 0.4) is 0 Å². The van der Waals surface area contributed by atoms with E-state index in [9.17, 15) is 0 Å². The third kappa shape index (κ3) is 3.39. The van der Waals surface area contributed by atoms with Gasteiger partial charge in [0.2, 0.25) is 0 Å². The topological polar surface area (TPSA) is 46.8 Å². The minimum Gasteiger partial charge on any atom is -0.359 e. The average molecular weight is 349 g/mol. The molecule has 4 aromatic rings. The van der Waals surface area contributed by atoms with E-state index in [4.69, 9.17) is 9.97 Å². The Morgan fingerprint density at radius 1 is 1.12 bits per heavy atom. The number of aryl methyl sites for hydroxylation is 1. The zero-order valence-electron chi connectivity index (χ0n) is 14.0. The van der Waals surface area contributed by atoms with Gasteiger partial charge in [-0.3, -0.25) is 0 Å². The number of anilines is 1. The normalized spacial score (nSPS) is 11.1. The van der Waals surface area contributed by atoms with Crippen molar-refractivity contribution in [1.82, 2.24) is 19.5 Å². The fourth-order valence-corrected chi connectivity index (χ4v) is 3.54. The fraction of sp³-hybridized carbons (Fsp3) is 0.211. The van der Waals surface area contributed by atoms with Crippen LogP contribution in [0.4, 0.5) is 5.82 Å². The lowest BCUT2D eigenvalue weighted by Gasteiger charge is -2.20. The van der Waals surface area contributed by atoms with Crippen LogP contribution in [0.25, 0.3) is 21.6 Å². The van der Waals surface area contributed by atoms with Gasteiger partial charge in [-0.2, -0.15) is 0 Å². The van der Waals surface area contributed by atoms with Crippen LogP contribution in [0.5, 0.6) is 0 Å². The molecule has 0 bridgehead atoms. The molecule has 0 spiro atoms. The Kier molecular flexibility index (Phi) is 4.43. The van der Waals surface area contributed by atoms with Gasteiger partial charge < -0.3 is 9.47 Å². The summed E-state index contributed by atoms with van der Waals surface area (Å²) in [6.07, 6.45) is 6.69. The van der Waals surface area contributed by atoms with Crippen molar-refractivity contribution >= 4 is 28.1 Å². The summed E-state index contributed by atoms with van der Waals surface area (Å²) in [5.74, 6) is 1.78. The lowest BCUT2D eigenvalue weighted by molar-refractivity contribution is 0.636. The van der Waals surface area contributed by atoms with Crippen LogP contribution in [0.1, 0.15) is 6.42 Å². The quantitative estimate of drug-likeness (QED) is 0.526. The van der Waals surface area contributed by atoms with Crippen molar-refractivity contribution in [2.45, 2.75) is 13.0 Å². The predicted molar refractivity (Wildman–Crippen MR) is 103 cm³/mol. The van der Waals surface area contributed by atoms with E-state index in [2.05, 4.69) is 45.1 Å². The zero-order chi connectivity index (χ0) is 17.1. The molecule has 25 heavy (non-hydrogen) atoms. The van der Waals surface area contributed by atoms with Crippen LogP contribution >= 0.6 is 11.3 Å². The fourth-order valence-electron chi connectivity index (χ4n) is 2.88. The van der Waals surface area contributed by atoms with Crippen LogP contribution in [-0.4, -0.2) is 33.1 Å². The number of benzene rings is 1. The van der Waals surface area contributed by atoms with E-state index in [0.717, 1.165) is 46.9 Å². The number of nitrogens with zero attached hydrogens (tertiary/aromatic N) is 5. The Hall–Kier alpha value is -2.73. The maximum atomic E-state index is 4.87. The molecule has 0 saturated carbocycles. The number of hydrogen-bond acceptors (Lipinski definition) is 5. The van der Waals surface area contributed by atoms with Crippen molar-refractivity contribution < 1.29 is 0 Å². The highest BCUT2D eigenvalue weighted by atomic mass is 32.1. The molecular formula is C19H19N5S. The summed E-state index contributed by atoms with van der Waals surface area (Å²) in [7, 11) is 2.10. The number of thiophene rings is 1. The predicted octanol–water partition coefficient (Wildman–Crippen LogP) is 4.08. The largest absolute Gasteiger partial charge is 0.359 e. The first kappa shape index (κ1) is 15.8. The lowest BCUT2D eigenvalue weighted by Crippen LogP contribution is -2.21. The van der Waals surface area contributed by atoms with Crippen LogP contribution < -0.4 is 4.90 Å². The molecule has 0 atom stereocenters. The smallest absolute Gasteiger partial charge is 0.172 e. The molecule has 0 radical (unpaired) electrons. The van der Waals surface area contributed by atoms with Gasteiger partial charge in [-0.15, -0.1) is 11.3 Å². The third-order valence-electron chi connectivity index (χ3n) is 4.16. The molecule has 0 N–H and O–H groups in total. The van der Waals surface area contributed by atoms with Gasteiger partial charge in [0.25, 0.3) is 0 Å². The third-order valence-corrected chi connectivity index (χ3v) is 5.02. The molecular weight excluding hydrogens is 330 g/mol. The number of fused-ring (bicyclic) bond motifs is 1. The molecule has 0 aliphatic heterocycles. The van der Waals surface area contributed by atoms with Crippen molar-refractivity contribution in [2.75, 3.05) is 18.5 Å². The van der Waals surface area contributed by atoms with Gasteiger partial charge in [0, 0.05) is 37.9 Å². The summed E-state index contributed by atoms with van der Waals surface area (Å²) >= 11 is 1.67. The molecule has 0 aliphatic rings. The molecule has 126 valence electrons. The highest BCUT2D eigenvalue weighted by Gasteiger charge is 2.13. The highest BCUT2D eigenvalue weighted by Crippen LogP contribution is 2.29. The first-order valence-electron chi connectivity index (χ1n) is 8.29. The van der Waals surface area contributed by atoms with Gasteiger partial charge in [-0.05, 0) is 30.0 Å². The van der Waals surface area contributed by atoms with Gasteiger partial charge in [0.15, 0.2) is 5.82 Å². The molecule has 0 fully saturated rings. The Bertz CT molecular complexity index is 947. The SMILES string of the molecule is CN(CCCn1ccnc1)c1nc(-c2cccs2)nc2ccccc12. The van der Waals surface area contributed by atoms with E-state index < -0.39 is 0 Å². The molecule has 0 aliphatic carbocycles. The summed E-state index contributed by atoms with van der Waals surface area (Å²) in [5.41, 5.74) is 0.984. The molecule has 0 unspecified atom stereocenters. The van der Waals surface area contributed by atoms with E-state index >= 15 is 0 Å². The molecule has 3 heterocycles. The van der Waals surface area contributed by atoms with Gasteiger partial charge >= 0.3 is 0 Å². The molecule has 0 amide bonds. The summed E-state index contributed by atoms with van der Waals surface area (Å²) in [4.78, 5) is 17.0. The summed E-state index contributed by atoms with van der Waals surface area (Å²) in [5, 5.41) is 3.15. The maximum Gasteiger partial charge on any atom is 0.172 e. The number of imidazole rings is 1. The minimum absolute atomic E-state index is 0.796. The van der Waals surface area contributed by atoms with Gasteiger partial charge in [-0.1, -0.05) is 18.2 Å². The molecule has 5 nitrogen and oxygen atoms in total. The van der Waals surface area contributed by atoms with Crippen molar-refractivity contribution in [2.24, 2.45) is 0 Å². The van der Waals surface area contributed by atoms with Gasteiger partial charge in [0.1, 0.15) is 5.82 Å². The van der Waals surface area contributed by atoms with E-state index in [-0.39, 0.29) is 0 Å². The van der Waals surface area contributed by atoms with Crippen LogP contribution in [0, 0.1) is 0 Å². The Labute approximate surface area is 150 Å². The number of hydrogen-bond donors (Lipinski definition) is 0. The second-order valence-corrected chi connectivity index (χ2v) is 6.89. The summed E-state index contributed by atoms with van der Waals surface area (Å²) in [6, 6.07) is 12.3. The molecule has 1 aromatic carbocycles. The summed E-state index contributed by atoms with van der Waals surface area (Å²) in [6.45, 7) is 1.87. The number of para-hydroxylation sites is 1. The monoisotopic (exact) mass is 349 g/mol. The number of rotatable bonds is 6. The molecule has 6 heteroatoms. The van der Waals surface area contributed by atoms with E-state index in [0.29, 0.717) is 0 Å². The number of aromatic nitrogens is 4. The Morgan fingerprint density at radius 3 is 2.84 bits per heavy atom. The van der Waals surface area contributed by atoms with Crippen LogP contribution in [0.15, 0.2) is 60.5 Å². The molecule has 3 aromatic heterocycles. The standard InChI is InChI=1S/C19H19N5S/c1-23(10-5-11-24-12-9-20-14-24)19-15-6-2-3-7-16(15)21-18(22-19)17-8-4-13-25-17/h2-4,6-9,12-14H,5,10-11H2,1H3. The van der Waals surface area contributed by atoms with Crippen molar-refractivity contribution in [3.63, 3.8) is 0 Å². The van der Waals surface area contributed by atoms with Gasteiger partial charge in [-0.25, -0.2) is 15.0 Å². The summed E-state index contributed by atoms with van der Waals surface area (Å²) < 4.78 is 2.10. The lowest BCUT2D eigenvalue weighted by atomic mass is 10.2. The van der Waals surface area contributed by atoms with Crippen molar-refractivity contribution in [3.8, 4) is 10.7 Å². The second kappa shape index (κ2) is 7.03. The van der Waals surface area contributed by atoms with E-state index in [1.165, 1.54) is 0 Å². The van der Waals surface area contributed by atoms with Crippen LogP contribution in [-0.2, 0) is 6.54 Å². The van der Waals surface area contributed by atoms with Crippen molar-refractivity contribution in [1.29, 1.82) is 0 Å². The van der Waals surface area contributed by atoms with Crippen molar-refractivity contribution in [3.05, 3.63) is 60.5 Å². The second-order valence-electron chi connectivity index (χ2n) is 5.94. The minimum atomic E-state index is 0.796. The Morgan fingerprint density at radius 2 is 2.04 bits per heavy atom. The van der Waals surface area contributed by atoms with E-state index in [1.54, 1.807) is 11.3 Å².